The number of rotatable bonds is 2. The Bertz CT molecular complexity index is 228. The van der Waals surface area contributed by atoms with Gasteiger partial charge in [-0.25, -0.2) is 0 Å². The van der Waals surface area contributed by atoms with E-state index in [0.29, 0.717) is 16.8 Å². The number of hydrogen-bond acceptors (Lipinski definition) is 2. The molecule has 0 aliphatic heterocycles. The SMILES string of the molecule is O=C(O)[C@H]1CCC(I)C[C@H]1C(=O)O. The molecule has 0 spiro atoms. The minimum Gasteiger partial charge on any atom is -0.481 e. The molecule has 1 rings (SSSR count). The van der Waals surface area contributed by atoms with Gasteiger partial charge in [0.15, 0.2) is 0 Å². The lowest BCUT2D eigenvalue weighted by atomic mass is 9.79. The van der Waals surface area contributed by atoms with Crippen molar-refractivity contribution in [3.05, 3.63) is 0 Å². The van der Waals surface area contributed by atoms with Crippen molar-refractivity contribution in [3.8, 4) is 0 Å². The minimum absolute atomic E-state index is 0.300. The van der Waals surface area contributed by atoms with Crippen LogP contribution in [0.25, 0.3) is 0 Å². The van der Waals surface area contributed by atoms with Crippen molar-refractivity contribution in [1.29, 1.82) is 0 Å². The lowest BCUT2D eigenvalue weighted by Crippen LogP contribution is -2.35. The zero-order chi connectivity index (χ0) is 10.0. The average molecular weight is 298 g/mol. The second-order valence-electron chi connectivity index (χ2n) is 3.30. The van der Waals surface area contributed by atoms with E-state index in [1.54, 1.807) is 0 Å². The molecule has 74 valence electrons. The third-order valence-corrected chi connectivity index (χ3v) is 3.55. The summed E-state index contributed by atoms with van der Waals surface area (Å²) in [5, 5.41) is 17.6. The monoisotopic (exact) mass is 298 g/mol. The van der Waals surface area contributed by atoms with Crippen molar-refractivity contribution in [3.63, 3.8) is 0 Å². The molecule has 0 amide bonds. The Morgan fingerprint density at radius 3 is 2.08 bits per heavy atom. The Morgan fingerprint density at radius 1 is 1.08 bits per heavy atom. The molecule has 0 radical (unpaired) electrons. The maximum atomic E-state index is 10.7. The number of alkyl halides is 1. The van der Waals surface area contributed by atoms with Gasteiger partial charge >= 0.3 is 11.9 Å². The first kappa shape index (κ1) is 10.7. The van der Waals surface area contributed by atoms with E-state index < -0.39 is 23.8 Å². The van der Waals surface area contributed by atoms with E-state index in [1.165, 1.54) is 0 Å². The largest absolute Gasteiger partial charge is 0.481 e. The Hall–Kier alpha value is -0.330. The molecule has 0 aromatic carbocycles. The third-order valence-electron chi connectivity index (χ3n) is 2.42. The molecule has 3 atom stereocenters. The van der Waals surface area contributed by atoms with Crippen molar-refractivity contribution in [2.75, 3.05) is 0 Å². The highest BCUT2D eigenvalue weighted by Gasteiger charge is 2.38. The van der Waals surface area contributed by atoms with Crippen LogP contribution in [0.3, 0.4) is 0 Å². The number of hydrogen-bond donors (Lipinski definition) is 2. The molecule has 1 aliphatic rings. The lowest BCUT2D eigenvalue weighted by Gasteiger charge is -2.28. The molecule has 1 unspecified atom stereocenters. The van der Waals surface area contributed by atoms with E-state index in [9.17, 15) is 9.59 Å². The van der Waals surface area contributed by atoms with Gasteiger partial charge in [-0.05, 0) is 19.3 Å². The molecule has 4 nitrogen and oxygen atoms in total. The fourth-order valence-electron chi connectivity index (χ4n) is 1.69. The third kappa shape index (κ3) is 2.55. The lowest BCUT2D eigenvalue weighted by molar-refractivity contribution is -0.155. The highest BCUT2D eigenvalue weighted by Crippen LogP contribution is 2.34. The fraction of sp³-hybridized carbons (Fsp3) is 0.750. The fourth-order valence-corrected chi connectivity index (χ4v) is 2.60. The number of carbonyl (C=O) groups is 2. The Kier molecular flexibility index (Phi) is 3.52. The smallest absolute Gasteiger partial charge is 0.307 e. The van der Waals surface area contributed by atoms with Gasteiger partial charge in [0.25, 0.3) is 0 Å². The van der Waals surface area contributed by atoms with E-state index >= 15 is 0 Å². The van der Waals surface area contributed by atoms with E-state index in [0.717, 1.165) is 6.42 Å². The number of carboxylic acids is 2. The number of halogens is 1. The molecular weight excluding hydrogens is 287 g/mol. The second kappa shape index (κ2) is 4.26. The molecule has 0 heterocycles. The second-order valence-corrected chi connectivity index (χ2v) is 5.06. The Balaban J connectivity index is 2.72. The van der Waals surface area contributed by atoms with Crippen LogP contribution < -0.4 is 0 Å². The van der Waals surface area contributed by atoms with E-state index in [-0.39, 0.29) is 0 Å². The molecule has 0 aromatic heterocycles. The first-order chi connectivity index (χ1) is 6.02. The van der Waals surface area contributed by atoms with Crippen molar-refractivity contribution in [1.82, 2.24) is 0 Å². The first-order valence-corrected chi connectivity index (χ1v) is 5.36. The highest BCUT2D eigenvalue weighted by molar-refractivity contribution is 14.1. The summed E-state index contributed by atoms with van der Waals surface area (Å²) in [5.41, 5.74) is 0. The van der Waals surface area contributed by atoms with Crippen LogP contribution in [-0.2, 0) is 9.59 Å². The van der Waals surface area contributed by atoms with Gasteiger partial charge in [-0.1, -0.05) is 22.6 Å². The quantitative estimate of drug-likeness (QED) is 0.596. The summed E-state index contributed by atoms with van der Waals surface area (Å²) in [7, 11) is 0. The molecule has 2 N–H and O–H groups in total. The van der Waals surface area contributed by atoms with Crippen LogP contribution in [0, 0.1) is 11.8 Å². The van der Waals surface area contributed by atoms with Gasteiger partial charge in [0.05, 0.1) is 11.8 Å². The van der Waals surface area contributed by atoms with Crippen LogP contribution in [0.1, 0.15) is 19.3 Å². The summed E-state index contributed by atoms with van der Waals surface area (Å²) >= 11 is 2.18. The maximum absolute atomic E-state index is 10.7. The van der Waals surface area contributed by atoms with Crippen LogP contribution in [-0.4, -0.2) is 26.1 Å². The van der Waals surface area contributed by atoms with Gasteiger partial charge < -0.3 is 10.2 Å². The van der Waals surface area contributed by atoms with E-state index in [4.69, 9.17) is 10.2 Å². The van der Waals surface area contributed by atoms with Gasteiger partial charge in [-0.15, -0.1) is 0 Å². The molecular formula is C8H11IO4. The van der Waals surface area contributed by atoms with Crippen LogP contribution >= 0.6 is 22.6 Å². The van der Waals surface area contributed by atoms with Gasteiger partial charge in [0, 0.05) is 3.92 Å². The van der Waals surface area contributed by atoms with Gasteiger partial charge in [0.1, 0.15) is 0 Å². The summed E-state index contributed by atoms with van der Waals surface area (Å²) < 4.78 is 0.300. The topological polar surface area (TPSA) is 74.6 Å². The molecule has 0 aromatic rings. The van der Waals surface area contributed by atoms with Gasteiger partial charge in [0.2, 0.25) is 0 Å². The average Bonchev–Trinajstić information content (AvgIpc) is 2.03. The van der Waals surface area contributed by atoms with E-state index in [2.05, 4.69) is 22.6 Å². The summed E-state index contributed by atoms with van der Waals surface area (Å²) in [6.07, 6.45) is 1.77. The molecule has 5 heteroatoms. The maximum Gasteiger partial charge on any atom is 0.307 e. The van der Waals surface area contributed by atoms with Crippen molar-refractivity contribution in [2.24, 2.45) is 11.8 Å². The standard InChI is InChI=1S/C8H11IO4/c9-4-1-2-5(7(10)11)6(3-4)8(12)13/h4-6H,1-3H2,(H,10,11)(H,12,13)/t4?,5-,6+/m0/s1. The Labute approximate surface area is 89.5 Å². The molecule has 0 bridgehead atoms. The van der Waals surface area contributed by atoms with Crippen molar-refractivity contribution >= 4 is 34.5 Å². The van der Waals surface area contributed by atoms with Crippen molar-refractivity contribution < 1.29 is 19.8 Å². The minimum atomic E-state index is -0.978. The van der Waals surface area contributed by atoms with Crippen LogP contribution in [0.2, 0.25) is 0 Å². The van der Waals surface area contributed by atoms with Crippen LogP contribution in [0.5, 0.6) is 0 Å². The van der Waals surface area contributed by atoms with Gasteiger partial charge in [-0.3, -0.25) is 9.59 Å². The predicted octanol–water partition coefficient (Wildman–Crippen LogP) is 1.38. The van der Waals surface area contributed by atoms with Crippen LogP contribution in [0.4, 0.5) is 0 Å². The number of carboxylic acid groups (broad SMARTS) is 2. The Morgan fingerprint density at radius 2 is 1.62 bits per heavy atom. The van der Waals surface area contributed by atoms with Crippen molar-refractivity contribution in [2.45, 2.75) is 23.2 Å². The molecule has 13 heavy (non-hydrogen) atoms. The normalized spacial score (nSPS) is 34.1. The van der Waals surface area contributed by atoms with E-state index in [1.807, 2.05) is 0 Å². The zero-order valence-corrected chi connectivity index (χ0v) is 9.10. The highest BCUT2D eigenvalue weighted by atomic mass is 127. The molecule has 1 saturated carbocycles. The zero-order valence-electron chi connectivity index (χ0n) is 6.94. The summed E-state index contributed by atoms with van der Waals surface area (Å²) in [4.78, 5) is 21.5. The summed E-state index contributed by atoms with van der Waals surface area (Å²) in [6, 6.07) is 0. The summed E-state index contributed by atoms with van der Waals surface area (Å²) in [6.45, 7) is 0. The molecule has 1 aliphatic carbocycles. The van der Waals surface area contributed by atoms with Crippen LogP contribution in [0.15, 0.2) is 0 Å². The molecule has 0 saturated heterocycles. The number of aliphatic carboxylic acids is 2. The summed E-state index contributed by atoms with van der Waals surface area (Å²) in [5.74, 6) is -3.35. The molecule has 1 fully saturated rings. The predicted molar refractivity (Wildman–Crippen MR) is 53.9 cm³/mol. The first-order valence-electron chi connectivity index (χ1n) is 4.12. The van der Waals surface area contributed by atoms with Gasteiger partial charge in [-0.2, -0.15) is 0 Å².